The first-order valence-corrected chi connectivity index (χ1v) is 13.7. The minimum atomic E-state index is -1.41. The van der Waals surface area contributed by atoms with E-state index in [0.717, 1.165) is 25.7 Å². The van der Waals surface area contributed by atoms with Gasteiger partial charge in [-0.15, -0.1) is 0 Å². The molecule has 3 fully saturated rings. The minimum Gasteiger partial charge on any atom is -0.449 e. The van der Waals surface area contributed by atoms with Crippen LogP contribution >= 0.6 is 0 Å². The second-order valence-electron chi connectivity index (χ2n) is 12.0. The number of nitrogen functional groups attached to an aromatic ring is 1. The van der Waals surface area contributed by atoms with Crippen molar-refractivity contribution in [2.24, 2.45) is 11.3 Å². The number of carbonyl (C=O) groups excluding carboxylic acids is 2. The third-order valence-electron chi connectivity index (χ3n) is 7.24. The van der Waals surface area contributed by atoms with Crippen molar-refractivity contribution in [3.63, 3.8) is 0 Å². The highest BCUT2D eigenvalue weighted by molar-refractivity contribution is 5.83. The topological polar surface area (TPSA) is 178 Å². The summed E-state index contributed by atoms with van der Waals surface area (Å²) in [6, 6.07) is 0.0877. The maximum atomic E-state index is 12.5. The number of nitrogens with zero attached hydrogens (tertiary/aromatic N) is 5. The van der Waals surface area contributed by atoms with E-state index in [0.29, 0.717) is 37.6 Å². The average molecular weight is 556 g/mol. The van der Waals surface area contributed by atoms with Crippen molar-refractivity contribution in [3.05, 3.63) is 12.2 Å². The van der Waals surface area contributed by atoms with Crippen molar-refractivity contribution in [1.82, 2.24) is 29.7 Å². The summed E-state index contributed by atoms with van der Waals surface area (Å²) in [5, 5.41) is 23.9. The molecule has 13 nitrogen and oxygen atoms in total. The molecule has 5 rings (SSSR count). The lowest BCUT2D eigenvalue weighted by molar-refractivity contribution is -0.137. The Hall–Kier alpha value is -3.47. The zero-order valence-corrected chi connectivity index (χ0v) is 23.0. The van der Waals surface area contributed by atoms with E-state index in [1.54, 1.807) is 4.90 Å². The summed E-state index contributed by atoms with van der Waals surface area (Å²) in [7, 11) is 0. The molecule has 2 aromatic heterocycles. The maximum Gasteiger partial charge on any atom is 0.409 e. The highest BCUT2D eigenvalue weighted by Crippen LogP contribution is 2.33. The molecular formula is C27H37N7O6. The molecule has 0 radical (unpaired) electrons. The molecule has 0 bridgehead atoms. The standard InChI is InChI=1S/C27H37N7O6/c1-27(2,3)13-39-26(38)33-11-9-15(10-12-33)5-4-6-17-31-22(28)18-23(32-17)34(14-29-18)25-20(36)19(35)21(40-25)24(37)30-16-7-8-16/h14-16,19-21,25,35-36H,5,7-13H2,1-3H3,(H,30,37)(H2,28,31,32)/t19?,20-,21-,25+/m0/s1. The molecule has 0 aromatic carbocycles. The van der Waals surface area contributed by atoms with E-state index in [1.165, 1.54) is 10.9 Å². The molecule has 1 unspecified atom stereocenters. The van der Waals surface area contributed by atoms with Gasteiger partial charge in [-0.2, -0.15) is 0 Å². The van der Waals surface area contributed by atoms with Gasteiger partial charge in [0, 0.05) is 25.6 Å². The average Bonchev–Trinajstić information content (AvgIpc) is 3.54. The number of ether oxygens (including phenoxy) is 2. The predicted octanol–water partition coefficient (Wildman–Crippen LogP) is 0.943. The molecule has 40 heavy (non-hydrogen) atoms. The van der Waals surface area contributed by atoms with Gasteiger partial charge in [0.15, 0.2) is 23.8 Å². The number of carbonyl (C=O) groups is 2. The van der Waals surface area contributed by atoms with Gasteiger partial charge in [0.2, 0.25) is 5.82 Å². The van der Waals surface area contributed by atoms with Crippen LogP contribution in [0.15, 0.2) is 6.33 Å². The quantitative estimate of drug-likeness (QED) is 0.388. The number of rotatable bonds is 5. The number of imidazole rings is 1. The van der Waals surface area contributed by atoms with Crippen molar-refractivity contribution < 1.29 is 29.3 Å². The number of nitrogens with two attached hydrogens (primary N) is 1. The Bertz CT molecular complexity index is 1320. The first-order valence-electron chi connectivity index (χ1n) is 13.7. The number of aliphatic hydroxyl groups excluding tert-OH is 2. The van der Waals surface area contributed by atoms with Crippen LogP contribution in [-0.4, -0.2) is 90.7 Å². The largest absolute Gasteiger partial charge is 0.449 e. The number of amides is 2. The van der Waals surface area contributed by atoms with Gasteiger partial charge in [0.25, 0.3) is 5.91 Å². The van der Waals surface area contributed by atoms with Crippen LogP contribution in [0.3, 0.4) is 0 Å². The highest BCUT2D eigenvalue weighted by atomic mass is 16.6. The molecule has 2 aliphatic heterocycles. The summed E-state index contributed by atoms with van der Waals surface area (Å²) in [6.45, 7) is 7.70. The van der Waals surface area contributed by atoms with Gasteiger partial charge in [0.05, 0.1) is 12.9 Å². The number of hydrogen-bond acceptors (Lipinski definition) is 10. The number of nitrogens with one attached hydrogen (secondary N) is 1. The summed E-state index contributed by atoms with van der Waals surface area (Å²) in [5.41, 5.74) is 6.62. The predicted molar refractivity (Wildman–Crippen MR) is 143 cm³/mol. The Morgan fingerprint density at radius 1 is 1.18 bits per heavy atom. The van der Waals surface area contributed by atoms with Gasteiger partial charge in [0.1, 0.15) is 17.7 Å². The maximum absolute atomic E-state index is 12.5. The van der Waals surface area contributed by atoms with Gasteiger partial charge < -0.3 is 35.6 Å². The lowest BCUT2D eigenvalue weighted by atomic mass is 9.94. The molecule has 4 heterocycles. The molecule has 1 saturated carbocycles. The van der Waals surface area contributed by atoms with Crippen molar-refractivity contribution in [3.8, 4) is 11.8 Å². The van der Waals surface area contributed by atoms with Crippen LogP contribution in [0.25, 0.3) is 11.2 Å². The Morgan fingerprint density at radius 2 is 1.90 bits per heavy atom. The lowest BCUT2D eigenvalue weighted by Crippen LogP contribution is -2.43. The summed E-state index contributed by atoms with van der Waals surface area (Å²) in [5.74, 6) is 6.26. The van der Waals surface area contributed by atoms with Crippen LogP contribution in [0.2, 0.25) is 0 Å². The Morgan fingerprint density at radius 3 is 2.58 bits per heavy atom. The number of piperidine rings is 1. The van der Waals surface area contributed by atoms with Crippen molar-refractivity contribution >= 4 is 29.0 Å². The fraction of sp³-hybridized carbons (Fsp3) is 0.667. The molecule has 216 valence electrons. The van der Waals surface area contributed by atoms with E-state index >= 15 is 0 Å². The molecule has 2 amide bonds. The van der Waals surface area contributed by atoms with Crippen LogP contribution in [0.5, 0.6) is 0 Å². The smallest absolute Gasteiger partial charge is 0.409 e. The van der Waals surface area contributed by atoms with E-state index in [1.807, 2.05) is 20.8 Å². The SMILES string of the molecule is CC(C)(C)COC(=O)N1CCC(CC#Cc2nc(N)c3ncn([C@@H]4O[C@H](C(=O)NC5CC5)C(O)[C@@H]4O)c3n2)CC1. The lowest BCUT2D eigenvalue weighted by Gasteiger charge is -2.31. The molecule has 13 heteroatoms. The zero-order chi connectivity index (χ0) is 28.6. The van der Waals surface area contributed by atoms with Crippen LogP contribution in [0.4, 0.5) is 10.6 Å². The Kier molecular flexibility index (Phi) is 7.85. The first kappa shape index (κ1) is 28.1. The fourth-order valence-corrected chi connectivity index (χ4v) is 4.76. The van der Waals surface area contributed by atoms with E-state index in [-0.39, 0.29) is 34.8 Å². The molecule has 3 aliphatic rings. The summed E-state index contributed by atoms with van der Waals surface area (Å²) in [6.07, 6.45) is 0.0401. The minimum absolute atomic E-state index is 0.0740. The fourth-order valence-electron chi connectivity index (χ4n) is 4.76. The van der Waals surface area contributed by atoms with Gasteiger partial charge in [-0.3, -0.25) is 9.36 Å². The van der Waals surface area contributed by atoms with E-state index in [4.69, 9.17) is 15.2 Å². The van der Waals surface area contributed by atoms with E-state index in [2.05, 4.69) is 32.1 Å². The third kappa shape index (κ3) is 6.29. The highest BCUT2D eigenvalue weighted by Gasteiger charge is 2.48. The third-order valence-corrected chi connectivity index (χ3v) is 7.24. The summed E-state index contributed by atoms with van der Waals surface area (Å²) in [4.78, 5) is 39.5. The summed E-state index contributed by atoms with van der Waals surface area (Å²) < 4.78 is 12.6. The second kappa shape index (κ2) is 11.2. The van der Waals surface area contributed by atoms with E-state index in [9.17, 15) is 19.8 Å². The van der Waals surface area contributed by atoms with Gasteiger partial charge >= 0.3 is 6.09 Å². The molecule has 5 N–H and O–H groups in total. The monoisotopic (exact) mass is 555 g/mol. The summed E-state index contributed by atoms with van der Waals surface area (Å²) >= 11 is 0. The normalized spacial score (nSPS) is 25.5. The van der Waals surface area contributed by atoms with Gasteiger partial charge in [-0.05, 0) is 42.9 Å². The molecule has 4 atom stereocenters. The molecule has 0 spiro atoms. The Balaban J connectivity index is 1.22. The van der Waals surface area contributed by atoms with Crippen LogP contribution in [0.1, 0.15) is 64.9 Å². The number of hydrogen-bond donors (Lipinski definition) is 4. The Labute approximate surface area is 232 Å². The van der Waals surface area contributed by atoms with E-state index < -0.39 is 30.4 Å². The van der Waals surface area contributed by atoms with Crippen LogP contribution in [0, 0.1) is 23.2 Å². The van der Waals surface area contributed by atoms with Crippen LogP contribution < -0.4 is 11.1 Å². The number of fused-ring (bicyclic) bond motifs is 1. The number of aromatic nitrogens is 4. The van der Waals surface area contributed by atoms with Crippen molar-refractivity contribution in [2.45, 2.75) is 83.5 Å². The zero-order valence-electron chi connectivity index (χ0n) is 23.0. The van der Waals surface area contributed by atoms with Crippen molar-refractivity contribution in [1.29, 1.82) is 0 Å². The number of aliphatic hydroxyl groups is 2. The van der Waals surface area contributed by atoms with Gasteiger partial charge in [-0.25, -0.2) is 19.7 Å². The van der Waals surface area contributed by atoms with Crippen molar-refractivity contribution in [2.75, 3.05) is 25.4 Å². The number of likely N-dealkylation sites (tertiary alicyclic amines) is 1. The van der Waals surface area contributed by atoms with Gasteiger partial charge in [-0.1, -0.05) is 26.7 Å². The molecular weight excluding hydrogens is 518 g/mol. The van der Waals surface area contributed by atoms with Crippen LogP contribution in [-0.2, 0) is 14.3 Å². The number of anilines is 1. The second-order valence-corrected chi connectivity index (χ2v) is 12.0. The molecule has 1 aliphatic carbocycles. The molecule has 2 aromatic rings. The molecule has 2 saturated heterocycles. The first-order chi connectivity index (χ1) is 19.0.